The molecule has 0 unspecified atom stereocenters. The Bertz CT molecular complexity index is 987. The van der Waals surface area contributed by atoms with Gasteiger partial charge in [-0.3, -0.25) is 4.79 Å². The van der Waals surface area contributed by atoms with Crippen LogP contribution in [-0.4, -0.2) is 38.7 Å². The van der Waals surface area contributed by atoms with Crippen LogP contribution in [-0.2, 0) is 14.3 Å². The maximum Gasteiger partial charge on any atom is 0.349 e. The van der Waals surface area contributed by atoms with Gasteiger partial charge in [0.05, 0.1) is 6.61 Å². The van der Waals surface area contributed by atoms with Crippen LogP contribution in [0.5, 0.6) is 11.5 Å². The number of rotatable bonds is 9. The zero-order chi connectivity index (χ0) is 22.8. The molecule has 0 atom stereocenters. The number of carbonyl (C=O) groups excluding carboxylic acids is 2. The Balaban J connectivity index is 1.93. The van der Waals surface area contributed by atoms with Crippen LogP contribution >= 0.6 is 11.6 Å². The van der Waals surface area contributed by atoms with E-state index in [1.54, 1.807) is 36.4 Å². The van der Waals surface area contributed by atoms with Crippen molar-refractivity contribution in [2.45, 2.75) is 13.8 Å². The van der Waals surface area contributed by atoms with Crippen LogP contribution in [0.3, 0.4) is 0 Å². The van der Waals surface area contributed by atoms with Gasteiger partial charge in [-0.25, -0.2) is 4.79 Å². The lowest BCUT2D eigenvalue weighted by molar-refractivity contribution is -0.136. The molecule has 0 spiro atoms. The predicted molar refractivity (Wildman–Crippen MR) is 117 cm³/mol. The van der Waals surface area contributed by atoms with Gasteiger partial charge in [-0.1, -0.05) is 23.7 Å². The molecule has 2 aromatic carbocycles. The van der Waals surface area contributed by atoms with E-state index in [0.717, 1.165) is 11.1 Å². The number of halogens is 1. The van der Waals surface area contributed by atoms with E-state index in [9.17, 15) is 14.9 Å². The van der Waals surface area contributed by atoms with Gasteiger partial charge in [0.1, 0.15) is 23.1 Å². The third kappa shape index (κ3) is 7.45. The molecule has 0 aromatic heterocycles. The maximum absolute atomic E-state index is 12.1. The smallest absolute Gasteiger partial charge is 0.349 e. The summed E-state index contributed by atoms with van der Waals surface area (Å²) in [5.74, 6) is -0.203. The summed E-state index contributed by atoms with van der Waals surface area (Å²) in [5.41, 5.74) is 2.29. The second kappa shape index (κ2) is 11.7. The van der Waals surface area contributed by atoms with Gasteiger partial charge in [0.15, 0.2) is 6.61 Å². The van der Waals surface area contributed by atoms with Crippen molar-refractivity contribution in [1.29, 1.82) is 5.26 Å². The third-order valence-corrected chi connectivity index (χ3v) is 4.74. The van der Waals surface area contributed by atoms with Gasteiger partial charge in [-0.15, -0.1) is 0 Å². The zero-order valence-electron chi connectivity index (χ0n) is 17.5. The number of methoxy groups -OCH3 is 1. The second-order valence-electron chi connectivity index (χ2n) is 6.62. The summed E-state index contributed by atoms with van der Waals surface area (Å²) in [7, 11) is 1.52. The largest absolute Gasteiger partial charge is 0.482 e. The minimum atomic E-state index is -0.566. The first-order valence-electron chi connectivity index (χ1n) is 9.43. The van der Waals surface area contributed by atoms with E-state index in [4.69, 9.17) is 25.8 Å². The molecule has 0 fully saturated rings. The maximum atomic E-state index is 12.1. The zero-order valence-corrected chi connectivity index (χ0v) is 18.3. The van der Waals surface area contributed by atoms with Gasteiger partial charge < -0.3 is 19.5 Å². The number of carbonyl (C=O) groups is 2. The molecule has 2 aromatic rings. The average molecular weight is 443 g/mol. The van der Waals surface area contributed by atoms with Crippen molar-refractivity contribution in [2.75, 3.05) is 26.9 Å². The Kier molecular flexibility index (Phi) is 9.07. The molecule has 0 saturated carbocycles. The highest BCUT2D eigenvalue weighted by molar-refractivity contribution is 6.32. The summed E-state index contributed by atoms with van der Waals surface area (Å²) in [6.07, 6.45) is 1.45. The number of nitriles is 1. The van der Waals surface area contributed by atoms with Crippen molar-refractivity contribution in [2.24, 2.45) is 0 Å². The van der Waals surface area contributed by atoms with Crippen molar-refractivity contribution < 1.29 is 23.8 Å². The Morgan fingerprint density at radius 2 is 1.77 bits per heavy atom. The Morgan fingerprint density at radius 3 is 2.35 bits per heavy atom. The lowest BCUT2D eigenvalue weighted by atomic mass is 10.1. The molecular weight excluding hydrogens is 420 g/mol. The SMILES string of the molecule is COCCNC(=O)/C(C#N)=C/c1ccc(OC(=O)COc2cc(C)c(Cl)c(C)c2)cc1. The topological polar surface area (TPSA) is 97.6 Å². The molecule has 1 N–H and O–H groups in total. The Hall–Kier alpha value is -3.34. The molecular formula is C23H23ClN2O5. The molecule has 162 valence electrons. The van der Waals surface area contributed by atoms with Crippen LogP contribution in [0.25, 0.3) is 6.08 Å². The van der Waals surface area contributed by atoms with Crippen molar-refractivity contribution in [1.82, 2.24) is 5.32 Å². The minimum absolute atomic E-state index is 0.0391. The fraction of sp³-hybridized carbons (Fsp3) is 0.261. The first-order chi connectivity index (χ1) is 14.8. The standard InChI is InChI=1S/C23H23ClN2O5/c1-15-10-20(11-16(2)22(15)24)30-14-21(27)31-19-6-4-17(5-7-19)12-18(13-25)23(28)26-8-9-29-3/h4-7,10-12H,8-9,14H2,1-3H3,(H,26,28)/b18-12+. The molecule has 0 aliphatic rings. The monoisotopic (exact) mass is 442 g/mol. The number of nitrogens with zero attached hydrogens (tertiary/aromatic N) is 1. The summed E-state index contributed by atoms with van der Waals surface area (Å²) < 4.78 is 15.6. The van der Waals surface area contributed by atoms with E-state index in [-0.39, 0.29) is 12.2 Å². The summed E-state index contributed by atoms with van der Waals surface area (Å²) >= 11 is 6.12. The van der Waals surface area contributed by atoms with E-state index in [1.807, 2.05) is 19.9 Å². The number of amides is 1. The van der Waals surface area contributed by atoms with E-state index in [1.165, 1.54) is 13.2 Å². The predicted octanol–water partition coefficient (Wildman–Crippen LogP) is 3.61. The number of aryl methyl sites for hydroxylation is 2. The van der Waals surface area contributed by atoms with Gasteiger partial charge in [-0.05, 0) is 60.9 Å². The Morgan fingerprint density at radius 1 is 1.13 bits per heavy atom. The van der Waals surface area contributed by atoms with Crippen LogP contribution in [0.2, 0.25) is 5.02 Å². The molecule has 0 heterocycles. The summed E-state index contributed by atoms with van der Waals surface area (Å²) in [4.78, 5) is 24.0. The van der Waals surface area contributed by atoms with Crippen molar-refractivity contribution >= 4 is 29.6 Å². The van der Waals surface area contributed by atoms with E-state index in [2.05, 4.69) is 5.32 Å². The molecule has 2 rings (SSSR count). The first kappa shape index (κ1) is 23.9. The number of ether oxygens (including phenoxy) is 3. The number of hydrogen-bond donors (Lipinski definition) is 1. The highest BCUT2D eigenvalue weighted by Crippen LogP contribution is 2.26. The molecule has 0 aliphatic heterocycles. The molecule has 1 amide bonds. The highest BCUT2D eigenvalue weighted by Gasteiger charge is 2.10. The lowest BCUT2D eigenvalue weighted by Crippen LogP contribution is -2.27. The van der Waals surface area contributed by atoms with Gasteiger partial charge in [0.25, 0.3) is 5.91 Å². The molecule has 0 saturated heterocycles. The first-order valence-corrected chi connectivity index (χ1v) is 9.81. The molecule has 7 nitrogen and oxygen atoms in total. The molecule has 31 heavy (non-hydrogen) atoms. The average Bonchev–Trinajstić information content (AvgIpc) is 2.75. The minimum Gasteiger partial charge on any atom is -0.482 e. The van der Waals surface area contributed by atoms with Crippen LogP contribution in [0.4, 0.5) is 0 Å². The van der Waals surface area contributed by atoms with Crippen molar-refractivity contribution in [3.63, 3.8) is 0 Å². The quantitative estimate of drug-likeness (QED) is 0.209. The summed E-state index contributed by atoms with van der Waals surface area (Å²) in [6, 6.07) is 11.8. The van der Waals surface area contributed by atoms with Gasteiger partial charge in [0.2, 0.25) is 0 Å². The molecule has 8 heteroatoms. The number of nitrogens with one attached hydrogen (secondary N) is 1. The Labute approximate surface area is 186 Å². The fourth-order valence-corrected chi connectivity index (χ4v) is 2.71. The van der Waals surface area contributed by atoms with Crippen molar-refractivity contribution in [3.8, 4) is 17.6 Å². The summed E-state index contributed by atoms with van der Waals surface area (Å²) in [5, 5.41) is 12.4. The van der Waals surface area contributed by atoms with E-state index >= 15 is 0 Å². The third-order valence-electron chi connectivity index (χ3n) is 4.15. The summed E-state index contributed by atoms with van der Waals surface area (Å²) in [6.45, 7) is 4.11. The fourth-order valence-electron chi connectivity index (χ4n) is 2.60. The molecule has 0 aliphatic carbocycles. The van der Waals surface area contributed by atoms with E-state index in [0.29, 0.717) is 35.2 Å². The van der Waals surface area contributed by atoms with Crippen LogP contribution in [0, 0.1) is 25.2 Å². The molecule has 0 radical (unpaired) electrons. The number of hydrogen-bond acceptors (Lipinski definition) is 6. The number of esters is 1. The van der Waals surface area contributed by atoms with Crippen molar-refractivity contribution in [3.05, 3.63) is 63.7 Å². The lowest BCUT2D eigenvalue weighted by Gasteiger charge is -2.10. The normalized spacial score (nSPS) is 10.9. The van der Waals surface area contributed by atoms with Crippen LogP contribution in [0.15, 0.2) is 42.0 Å². The second-order valence-corrected chi connectivity index (χ2v) is 7.00. The molecule has 0 bridgehead atoms. The van der Waals surface area contributed by atoms with Gasteiger partial charge in [0, 0.05) is 18.7 Å². The van der Waals surface area contributed by atoms with E-state index < -0.39 is 11.9 Å². The van der Waals surface area contributed by atoms with Crippen LogP contribution < -0.4 is 14.8 Å². The highest BCUT2D eigenvalue weighted by atomic mass is 35.5. The van der Waals surface area contributed by atoms with Gasteiger partial charge >= 0.3 is 5.97 Å². The number of benzene rings is 2. The van der Waals surface area contributed by atoms with Crippen LogP contribution in [0.1, 0.15) is 16.7 Å². The van der Waals surface area contributed by atoms with Gasteiger partial charge in [-0.2, -0.15) is 5.26 Å².